The lowest BCUT2D eigenvalue weighted by atomic mass is 9.77. The van der Waals surface area contributed by atoms with Crippen molar-refractivity contribution in [1.82, 2.24) is 0 Å². The second-order valence-electron chi connectivity index (χ2n) is 8.32. The first-order chi connectivity index (χ1) is 13.9. The third-order valence-corrected chi connectivity index (χ3v) is 6.08. The van der Waals surface area contributed by atoms with Crippen molar-refractivity contribution >= 4 is 0 Å². The zero-order valence-corrected chi connectivity index (χ0v) is 17.2. The van der Waals surface area contributed by atoms with Gasteiger partial charge in [-0.2, -0.15) is 0 Å². The van der Waals surface area contributed by atoms with Gasteiger partial charge in [-0.25, -0.2) is 0 Å². The highest BCUT2D eigenvalue weighted by molar-refractivity contribution is 5.33. The third kappa shape index (κ3) is 7.09. The molecule has 29 heavy (non-hydrogen) atoms. The third-order valence-electron chi connectivity index (χ3n) is 6.08. The fourth-order valence-corrected chi connectivity index (χ4v) is 4.42. The van der Waals surface area contributed by atoms with Crippen LogP contribution in [0.1, 0.15) is 80.9 Å². The molecule has 4 heteroatoms. The summed E-state index contributed by atoms with van der Waals surface area (Å²) in [6.45, 7) is 2.26. The van der Waals surface area contributed by atoms with Gasteiger partial charge in [0, 0.05) is 0 Å². The zero-order valence-electron chi connectivity index (χ0n) is 17.2. The molecule has 2 aromatic carbocycles. The maximum Gasteiger partial charge on any atom is 0.573 e. The predicted molar refractivity (Wildman–Crippen MR) is 111 cm³/mol. The van der Waals surface area contributed by atoms with Crippen LogP contribution in [0.2, 0.25) is 0 Å². The largest absolute Gasteiger partial charge is 0.573 e. The summed E-state index contributed by atoms with van der Waals surface area (Å²) in [5.41, 5.74) is 3.57. The quantitative estimate of drug-likeness (QED) is 0.405. The number of hydrogen-bond acceptors (Lipinski definition) is 1. The van der Waals surface area contributed by atoms with Gasteiger partial charge in [0.15, 0.2) is 0 Å². The van der Waals surface area contributed by atoms with Crippen LogP contribution in [0.25, 0.3) is 0 Å². The minimum Gasteiger partial charge on any atom is -0.406 e. The normalized spacial score (nSPS) is 19.9. The maximum atomic E-state index is 12.2. The first-order valence-corrected chi connectivity index (χ1v) is 10.9. The van der Waals surface area contributed by atoms with E-state index in [1.54, 1.807) is 12.1 Å². The summed E-state index contributed by atoms with van der Waals surface area (Å²) in [6, 6.07) is 14.9. The van der Waals surface area contributed by atoms with E-state index < -0.39 is 6.36 Å². The molecule has 0 bridgehead atoms. The standard InChI is InChI=1S/C25H31F3O/c1-2-3-4-5-19-6-12-22(13-7-19)23-14-8-20(9-15-23)18-21-10-16-24(17-11-21)29-25(26,27)28/h8-11,14-17,19,22H,2-7,12-13,18H2,1H3. The van der Waals surface area contributed by atoms with Crippen LogP contribution in [-0.2, 0) is 6.42 Å². The molecule has 1 aliphatic carbocycles. The molecule has 0 spiro atoms. The lowest BCUT2D eigenvalue weighted by Gasteiger charge is -2.29. The summed E-state index contributed by atoms with van der Waals surface area (Å²) in [6.07, 6.45) is 6.77. The molecule has 1 fully saturated rings. The Kier molecular flexibility index (Phi) is 7.63. The Morgan fingerprint density at radius 3 is 1.97 bits per heavy atom. The van der Waals surface area contributed by atoms with E-state index in [4.69, 9.17) is 0 Å². The van der Waals surface area contributed by atoms with Crippen molar-refractivity contribution in [3.05, 3.63) is 65.2 Å². The van der Waals surface area contributed by atoms with Crippen molar-refractivity contribution in [1.29, 1.82) is 0 Å². The Balaban J connectivity index is 1.49. The van der Waals surface area contributed by atoms with E-state index in [-0.39, 0.29) is 5.75 Å². The number of unbranched alkanes of at least 4 members (excludes halogenated alkanes) is 2. The molecular formula is C25H31F3O. The Hall–Kier alpha value is -1.97. The number of benzene rings is 2. The van der Waals surface area contributed by atoms with Gasteiger partial charge in [0.1, 0.15) is 5.75 Å². The minimum atomic E-state index is -4.65. The van der Waals surface area contributed by atoms with Crippen LogP contribution in [0.5, 0.6) is 5.75 Å². The van der Waals surface area contributed by atoms with Crippen molar-refractivity contribution in [2.24, 2.45) is 5.92 Å². The summed E-state index contributed by atoms with van der Waals surface area (Å²) in [5.74, 6) is 1.41. The molecule has 1 nitrogen and oxygen atoms in total. The van der Waals surface area contributed by atoms with Gasteiger partial charge < -0.3 is 4.74 Å². The van der Waals surface area contributed by atoms with Crippen molar-refractivity contribution in [3.63, 3.8) is 0 Å². The molecular weight excluding hydrogens is 373 g/mol. The number of ether oxygens (including phenoxy) is 1. The molecule has 0 amide bonds. The summed E-state index contributed by atoms with van der Waals surface area (Å²) in [4.78, 5) is 0. The van der Waals surface area contributed by atoms with Crippen LogP contribution in [0, 0.1) is 5.92 Å². The summed E-state index contributed by atoms with van der Waals surface area (Å²) < 4.78 is 40.7. The SMILES string of the molecule is CCCCCC1CCC(c2ccc(Cc3ccc(OC(F)(F)F)cc3)cc2)CC1. The van der Waals surface area contributed by atoms with Crippen molar-refractivity contribution in [2.75, 3.05) is 0 Å². The monoisotopic (exact) mass is 404 g/mol. The van der Waals surface area contributed by atoms with E-state index in [0.717, 1.165) is 11.5 Å². The molecule has 0 aromatic heterocycles. The Labute approximate surface area is 172 Å². The average molecular weight is 405 g/mol. The first-order valence-electron chi connectivity index (χ1n) is 10.9. The molecule has 0 radical (unpaired) electrons. The molecule has 0 atom stereocenters. The Bertz CT molecular complexity index is 726. The molecule has 2 aromatic rings. The highest BCUT2D eigenvalue weighted by Gasteiger charge is 2.31. The molecule has 3 rings (SSSR count). The molecule has 0 heterocycles. The van der Waals surface area contributed by atoms with E-state index in [1.165, 1.54) is 74.6 Å². The topological polar surface area (TPSA) is 9.23 Å². The predicted octanol–water partition coefficient (Wildman–Crippen LogP) is 8.03. The van der Waals surface area contributed by atoms with Gasteiger partial charge in [-0.15, -0.1) is 13.2 Å². The van der Waals surface area contributed by atoms with Gasteiger partial charge in [0.05, 0.1) is 0 Å². The summed E-state index contributed by atoms with van der Waals surface area (Å²) >= 11 is 0. The maximum absolute atomic E-state index is 12.2. The number of halogens is 3. The van der Waals surface area contributed by atoms with Gasteiger partial charge in [-0.05, 0) is 72.8 Å². The van der Waals surface area contributed by atoms with Crippen LogP contribution in [0.4, 0.5) is 13.2 Å². The van der Waals surface area contributed by atoms with Crippen LogP contribution in [0.15, 0.2) is 48.5 Å². The first kappa shape index (κ1) is 21.7. The Morgan fingerprint density at radius 2 is 1.41 bits per heavy atom. The van der Waals surface area contributed by atoms with Crippen molar-refractivity contribution in [3.8, 4) is 5.75 Å². The lowest BCUT2D eigenvalue weighted by Crippen LogP contribution is -2.17. The number of hydrogen-bond donors (Lipinski definition) is 0. The van der Waals surface area contributed by atoms with E-state index in [9.17, 15) is 13.2 Å². The van der Waals surface area contributed by atoms with Gasteiger partial charge in [0.2, 0.25) is 0 Å². The van der Waals surface area contributed by atoms with Gasteiger partial charge in [-0.3, -0.25) is 0 Å². The molecule has 0 unspecified atom stereocenters. The van der Waals surface area contributed by atoms with Crippen molar-refractivity contribution in [2.45, 2.75) is 77.0 Å². The Morgan fingerprint density at radius 1 is 0.828 bits per heavy atom. The van der Waals surface area contributed by atoms with Gasteiger partial charge in [0.25, 0.3) is 0 Å². The van der Waals surface area contributed by atoms with Gasteiger partial charge >= 0.3 is 6.36 Å². The summed E-state index contributed by atoms with van der Waals surface area (Å²) in [5, 5.41) is 0. The van der Waals surface area contributed by atoms with Gasteiger partial charge in [-0.1, -0.05) is 69.0 Å². The van der Waals surface area contributed by atoms with Crippen molar-refractivity contribution < 1.29 is 17.9 Å². The van der Waals surface area contributed by atoms with Crippen LogP contribution in [0.3, 0.4) is 0 Å². The highest BCUT2D eigenvalue weighted by atomic mass is 19.4. The molecule has 158 valence electrons. The molecule has 0 saturated heterocycles. The van der Waals surface area contributed by atoms with E-state index in [2.05, 4.69) is 35.9 Å². The highest BCUT2D eigenvalue weighted by Crippen LogP contribution is 2.37. The minimum absolute atomic E-state index is 0.179. The number of rotatable bonds is 8. The fraction of sp³-hybridized carbons (Fsp3) is 0.520. The fourth-order valence-electron chi connectivity index (χ4n) is 4.42. The molecule has 1 aliphatic rings. The second kappa shape index (κ2) is 10.2. The summed E-state index contributed by atoms with van der Waals surface area (Å²) in [7, 11) is 0. The lowest BCUT2D eigenvalue weighted by molar-refractivity contribution is -0.274. The smallest absolute Gasteiger partial charge is 0.406 e. The molecule has 0 aliphatic heterocycles. The number of alkyl halides is 3. The molecule has 0 N–H and O–H groups in total. The van der Waals surface area contributed by atoms with E-state index >= 15 is 0 Å². The average Bonchev–Trinajstić information content (AvgIpc) is 2.70. The van der Waals surface area contributed by atoms with E-state index in [0.29, 0.717) is 12.3 Å². The zero-order chi connectivity index (χ0) is 20.7. The second-order valence-corrected chi connectivity index (χ2v) is 8.32. The van der Waals surface area contributed by atoms with E-state index in [1.807, 2.05) is 0 Å². The van der Waals surface area contributed by atoms with Crippen LogP contribution < -0.4 is 4.74 Å². The van der Waals surface area contributed by atoms with Crippen LogP contribution in [-0.4, -0.2) is 6.36 Å². The molecule has 1 saturated carbocycles. The van der Waals surface area contributed by atoms with Crippen LogP contribution >= 0.6 is 0 Å².